The molecule has 8 nitrogen and oxygen atoms in total. The average Bonchev–Trinajstić information content (AvgIpc) is 2.66. The van der Waals surface area contributed by atoms with Gasteiger partial charge < -0.3 is 4.74 Å². The van der Waals surface area contributed by atoms with E-state index in [2.05, 4.69) is 21.0 Å². The molecule has 0 saturated carbocycles. The van der Waals surface area contributed by atoms with Gasteiger partial charge in [-0.15, -0.1) is 0 Å². The first-order valence-electron chi connectivity index (χ1n) is 7.43. The minimum Gasteiger partial charge on any atom is -0.497 e. The topological polar surface area (TPSA) is 113 Å². The Kier molecular flexibility index (Phi) is 4.61. The number of carbonyl (C=O) groups excluding carboxylic acids is 2. The molecule has 0 aliphatic carbocycles. The van der Waals surface area contributed by atoms with Crippen LogP contribution in [0.4, 0.5) is 4.39 Å². The zero-order chi connectivity index (χ0) is 18.7. The van der Waals surface area contributed by atoms with Crippen molar-refractivity contribution in [2.45, 2.75) is 0 Å². The Bertz CT molecular complexity index is 1060. The summed E-state index contributed by atoms with van der Waals surface area (Å²) in [5.74, 6) is -2.16. The van der Waals surface area contributed by atoms with Gasteiger partial charge in [0.15, 0.2) is 5.69 Å². The number of H-pyrrole nitrogens is 1. The molecule has 0 radical (unpaired) electrons. The van der Waals surface area contributed by atoms with E-state index in [9.17, 15) is 18.8 Å². The fourth-order valence-corrected chi connectivity index (χ4v) is 2.33. The molecule has 0 saturated heterocycles. The van der Waals surface area contributed by atoms with Crippen molar-refractivity contribution in [2.24, 2.45) is 0 Å². The molecular formula is C17H13FN4O4. The Morgan fingerprint density at radius 2 is 1.77 bits per heavy atom. The van der Waals surface area contributed by atoms with Gasteiger partial charge in [0, 0.05) is 11.5 Å². The van der Waals surface area contributed by atoms with Crippen molar-refractivity contribution in [1.29, 1.82) is 0 Å². The van der Waals surface area contributed by atoms with Crippen LogP contribution in [0.3, 0.4) is 0 Å². The molecule has 0 bridgehead atoms. The number of hydrazine groups is 1. The molecule has 9 heteroatoms. The number of aromatic amines is 1. The number of rotatable bonds is 3. The number of hydrogen-bond acceptors (Lipinski definition) is 5. The van der Waals surface area contributed by atoms with Gasteiger partial charge in [-0.3, -0.25) is 25.2 Å². The van der Waals surface area contributed by atoms with Crippen LogP contribution < -0.4 is 21.1 Å². The predicted molar refractivity (Wildman–Crippen MR) is 90.2 cm³/mol. The van der Waals surface area contributed by atoms with Crippen LogP contribution in [-0.4, -0.2) is 29.1 Å². The van der Waals surface area contributed by atoms with E-state index in [1.165, 1.54) is 25.3 Å². The van der Waals surface area contributed by atoms with E-state index in [1.807, 2.05) is 0 Å². The second-order valence-electron chi connectivity index (χ2n) is 5.20. The quantitative estimate of drug-likeness (QED) is 0.609. The molecule has 1 aromatic heterocycles. The summed E-state index contributed by atoms with van der Waals surface area (Å²) in [5.41, 5.74) is 3.44. The third-order valence-corrected chi connectivity index (χ3v) is 3.62. The van der Waals surface area contributed by atoms with Crippen LogP contribution in [0.25, 0.3) is 10.8 Å². The number of methoxy groups -OCH3 is 1. The smallest absolute Gasteiger partial charge is 0.290 e. The Morgan fingerprint density at radius 3 is 2.46 bits per heavy atom. The van der Waals surface area contributed by atoms with Gasteiger partial charge in [0.1, 0.15) is 11.6 Å². The van der Waals surface area contributed by atoms with E-state index in [0.29, 0.717) is 5.39 Å². The maximum absolute atomic E-state index is 13.9. The van der Waals surface area contributed by atoms with Crippen LogP contribution >= 0.6 is 0 Å². The number of fused-ring (bicyclic) bond motifs is 1. The van der Waals surface area contributed by atoms with Crippen molar-refractivity contribution in [3.8, 4) is 5.75 Å². The summed E-state index contributed by atoms with van der Waals surface area (Å²) in [5, 5.41) is 6.51. The van der Waals surface area contributed by atoms with Crippen LogP contribution in [0.1, 0.15) is 20.8 Å². The van der Waals surface area contributed by atoms with Crippen molar-refractivity contribution < 1.29 is 18.7 Å². The Morgan fingerprint density at radius 1 is 1.08 bits per heavy atom. The largest absolute Gasteiger partial charge is 0.497 e. The molecule has 0 aliphatic heterocycles. The molecule has 1 heterocycles. The summed E-state index contributed by atoms with van der Waals surface area (Å²) >= 11 is 0. The zero-order valence-corrected chi connectivity index (χ0v) is 13.5. The zero-order valence-electron chi connectivity index (χ0n) is 13.5. The fraction of sp³-hybridized carbons (Fsp3) is 0.0588. The van der Waals surface area contributed by atoms with Gasteiger partial charge in [0.25, 0.3) is 17.4 Å². The second kappa shape index (κ2) is 7.01. The van der Waals surface area contributed by atoms with Crippen LogP contribution in [0.2, 0.25) is 0 Å². The third kappa shape index (κ3) is 3.22. The van der Waals surface area contributed by atoms with Crippen molar-refractivity contribution in [3.63, 3.8) is 0 Å². The molecule has 2 amide bonds. The second-order valence-corrected chi connectivity index (χ2v) is 5.20. The highest BCUT2D eigenvalue weighted by Crippen LogP contribution is 2.16. The van der Waals surface area contributed by atoms with Gasteiger partial charge in [0.2, 0.25) is 0 Å². The number of ether oxygens (including phenoxy) is 1. The van der Waals surface area contributed by atoms with Gasteiger partial charge in [-0.1, -0.05) is 18.2 Å². The highest BCUT2D eigenvalue weighted by atomic mass is 19.1. The molecule has 132 valence electrons. The molecular weight excluding hydrogens is 343 g/mol. The van der Waals surface area contributed by atoms with Crippen molar-refractivity contribution >= 4 is 22.6 Å². The molecule has 0 atom stereocenters. The van der Waals surface area contributed by atoms with Crippen molar-refractivity contribution in [1.82, 2.24) is 21.0 Å². The average molecular weight is 356 g/mol. The first kappa shape index (κ1) is 17.1. The number of halogens is 1. The number of benzene rings is 2. The monoisotopic (exact) mass is 356 g/mol. The number of amides is 2. The standard InChI is InChI=1S/C17H13FN4O4/c1-26-9-6-7-12(13(18)8-9)16(24)21-22-17(25)14-10-4-2-3-5-11(10)15(23)20-19-14/h2-8H,1H3,(H,20,23)(H,21,24)(H,22,25). The lowest BCUT2D eigenvalue weighted by Gasteiger charge is -2.09. The summed E-state index contributed by atoms with van der Waals surface area (Å²) in [6.07, 6.45) is 0. The van der Waals surface area contributed by atoms with Crippen LogP contribution in [0, 0.1) is 5.82 Å². The SMILES string of the molecule is COc1ccc(C(=O)NNC(=O)c2n[nH]c(=O)c3ccccc23)c(F)c1. The van der Waals surface area contributed by atoms with Crippen LogP contribution in [0.15, 0.2) is 47.3 Å². The summed E-state index contributed by atoms with van der Waals surface area (Å²) in [6, 6.07) is 10.1. The van der Waals surface area contributed by atoms with Gasteiger partial charge in [-0.25, -0.2) is 9.49 Å². The van der Waals surface area contributed by atoms with E-state index in [-0.39, 0.29) is 22.4 Å². The van der Waals surface area contributed by atoms with Crippen LogP contribution in [-0.2, 0) is 0 Å². The number of nitrogens with one attached hydrogen (secondary N) is 3. The predicted octanol–water partition coefficient (Wildman–Crippen LogP) is 1.15. The highest BCUT2D eigenvalue weighted by molar-refractivity contribution is 6.06. The Labute approximate surface area is 146 Å². The number of nitrogens with zero attached hydrogens (tertiary/aromatic N) is 1. The Balaban J connectivity index is 1.78. The van der Waals surface area contributed by atoms with E-state index in [1.54, 1.807) is 18.2 Å². The first-order chi connectivity index (χ1) is 12.5. The fourth-order valence-electron chi connectivity index (χ4n) is 2.33. The van der Waals surface area contributed by atoms with E-state index in [0.717, 1.165) is 6.07 Å². The minimum absolute atomic E-state index is 0.0873. The normalized spacial score (nSPS) is 10.4. The lowest BCUT2D eigenvalue weighted by molar-refractivity contribution is 0.0842. The summed E-state index contributed by atoms with van der Waals surface area (Å²) in [7, 11) is 1.37. The Hall–Kier alpha value is -3.75. The molecule has 0 fully saturated rings. The van der Waals surface area contributed by atoms with Gasteiger partial charge in [-0.05, 0) is 18.2 Å². The summed E-state index contributed by atoms with van der Waals surface area (Å²) in [4.78, 5) is 36.0. The van der Waals surface area contributed by atoms with E-state index in [4.69, 9.17) is 4.74 Å². The molecule has 26 heavy (non-hydrogen) atoms. The van der Waals surface area contributed by atoms with Crippen molar-refractivity contribution in [3.05, 3.63) is 69.9 Å². The molecule has 0 spiro atoms. The maximum Gasteiger partial charge on any atom is 0.290 e. The lowest BCUT2D eigenvalue weighted by Crippen LogP contribution is -2.42. The third-order valence-electron chi connectivity index (χ3n) is 3.62. The van der Waals surface area contributed by atoms with Gasteiger partial charge >= 0.3 is 0 Å². The molecule has 3 aromatic rings. The molecule has 0 unspecified atom stereocenters. The lowest BCUT2D eigenvalue weighted by atomic mass is 10.1. The van der Waals surface area contributed by atoms with E-state index < -0.39 is 23.2 Å². The molecule has 2 aromatic carbocycles. The molecule has 3 N–H and O–H groups in total. The number of aromatic nitrogens is 2. The number of hydrogen-bond donors (Lipinski definition) is 3. The first-order valence-corrected chi connectivity index (χ1v) is 7.43. The molecule has 0 aliphatic rings. The van der Waals surface area contributed by atoms with Crippen molar-refractivity contribution in [2.75, 3.05) is 7.11 Å². The number of carbonyl (C=O) groups is 2. The van der Waals surface area contributed by atoms with Crippen LogP contribution in [0.5, 0.6) is 5.75 Å². The highest BCUT2D eigenvalue weighted by Gasteiger charge is 2.17. The maximum atomic E-state index is 13.9. The van der Waals surface area contributed by atoms with Gasteiger partial charge in [-0.2, -0.15) is 5.10 Å². The van der Waals surface area contributed by atoms with E-state index >= 15 is 0 Å². The summed E-state index contributed by atoms with van der Waals surface area (Å²) < 4.78 is 18.7. The minimum atomic E-state index is -0.854. The summed E-state index contributed by atoms with van der Waals surface area (Å²) in [6.45, 7) is 0. The van der Waals surface area contributed by atoms with Gasteiger partial charge in [0.05, 0.1) is 18.1 Å². The molecule has 3 rings (SSSR count).